The molecule has 3 N–H and O–H groups in total. The molecule has 1 heterocycles. The third kappa shape index (κ3) is 2.45. The van der Waals surface area contributed by atoms with Gasteiger partial charge in [-0.3, -0.25) is 4.79 Å². The number of nitrogens with zero attached hydrogens (tertiary/aromatic N) is 2. The van der Waals surface area contributed by atoms with Gasteiger partial charge in [0.1, 0.15) is 5.92 Å². The summed E-state index contributed by atoms with van der Waals surface area (Å²) in [5.41, 5.74) is 6.42. The Kier molecular flexibility index (Phi) is 3.82. The highest BCUT2D eigenvalue weighted by Crippen LogP contribution is 2.21. The predicted octanol–water partition coefficient (Wildman–Crippen LogP) is 1.14. The topological polar surface area (TPSA) is 78.9 Å². The van der Waals surface area contributed by atoms with Crippen molar-refractivity contribution in [3.05, 3.63) is 35.9 Å². The molecule has 5 nitrogen and oxygen atoms in total. The van der Waals surface area contributed by atoms with Crippen molar-refractivity contribution in [1.82, 2.24) is 4.90 Å². The molecule has 1 aromatic carbocycles. The SMILES string of the molecule is NC(=NO)C(C(=O)N1CCCC1)c1ccccc1. The maximum absolute atomic E-state index is 12.4. The Morgan fingerprint density at radius 3 is 2.44 bits per heavy atom. The van der Waals surface area contributed by atoms with E-state index < -0.39 is 5.92 Å². The van der Waals surface area contributed by atoms with Crippen LogP contribution in [0.25, 0.3) is 0 Å². The first-order chi connectivity index (χ1) is 8.74. The molecule has 5 heteroatoms. The summed E-state index contributed by atoms with van der Waals surface area (Å²) in [5, 5.41) is 11.9. The Bertz CT molecular complexity index is 439. The van der Waals surface area contributed by atoms with E-state index in [0.29, 0.717) is 0 Å². The van der Waals surface area contributed by atoms with Gasteiger partial charge in [-0.05, 0) is 18.4 Å². The number of amidine groups is 1. The van der Waals surface area contributed by atoms with Gasteiger partial charge in [-0.2, -0.15) is 0 Å². The Morgan fingerprint density at radius 2 is 1.89 bits per heavy atom. The smallest absolute Gasteiger partial charge is 0.237 e. The summed E-state index contributed by atoms with van der Waals surface area (Å²) in [4.78, 5) is 14.2. The van der Waals surface area contributed by atoms with E-state index in [1.165, 1.54) is 0 Å². The molecule has 0 bridgehead atoms. The van der Waals surface area contributed by atoms with E-state index in [1.54, 1.807) is 4.90 Å². The highest BCUT2D eigenvalue weighted by Gasteiger charge is 2.30. The van der Waals surface area contributed by atoms with Crippen LogP contribution in [0.5, 0.6) is 0 Å². The summed E-state index contributed by atoms with van der Waals surface area (Å²) in [6.45, 7) is 1.50. The molecule has 0 aliphatic carbocycles. The summed E-state index contributed by atoms with van der Waals surface area (Å²) < 4.78 is 0. The fourth-order valence-corrected chi connectivity index (χ4v) is 2.26. The highest BCUT2D eigenvalue weighted by atomic mass is 16.4. The summed E-state index contributed by atoms with van der Waals surface area (Å²) in [5.74, 6) is -0.832. The van der Waals surface area contributed by atoms with E-state index in [4.69, 9.17) is 10.9 Å². The van der Waals surface area contributed by atoms with Gasteiger partial charge in [-0.1, -0.05) is 35.5 Å². The first-order valence-corrected chi connectivity index (χ1v) is 6.05. The average molecular weight is 247 g/mol. The third-order valence-corrected chi connectivity index (χ3v) is 3.21. The first kappa shape index (κ1) is 12.4. The molecular weight excluding hydrogens is 230 g/mol. The summed E-state index contributed by atoms with van der Waals surface area (Å²) in [7, 11) is 0. The molecule has 1 saturated heterocycles. The van der Waals surface area contributed by atoms with Gasteiger partial charge in [0.25, 0.3) is 0 Å². The lowest BCUT2D eigenvalue weighted by molar-refractivity contribution is -0.130. The van der Waals surface area contributed by atoms with Crippen molar-refractivity contribution in [1.29, 1.82) is 0 Å². The number of benzene rings is 1. The molecule has 96 valence electrons. The molecule has 1 aromatic rings. The molecule has 0 saturated carbocycles. The molecule has 1 unspecified atom stereocenters. The second-order valence-corrected chi connectivity index (χ2v) is 4.40. The third-order valence-electron chi connectivity index (χ3n) is 3.21. The second-order valence-electron chi connectivity index (χ2n) is 4.40. The van der Waals surface area contributed by atoms with Gasteiger partial charge in [0, 0.05) is 13.1 Å². The minimum absolute atomic E-state index is 0.0573. The summed E-state index contributed by atoms with van der Waals surface area (Å²) in [6.07, 6.45) is 2.03. The fraction of sp³-hybridized carbons (Fsp3) is 0.385. The zero-order chi connectivity index (χ0) is 13.0. The Labute approximate surface area is 106 Å². The van der Waals surface area contributed by atoms with Crippen molar-refractivity contribution in [2.75, 3.05) is 13.1 Å². The van der Waals surface area contributed by atoms with Crippen molar-refractivity contribution < 1.29 is 10.0 Å². The van der Waals surface area contributed by atoms with Crippen LogP contribution >= 0.6 is 0 Å². The Morgan fingerprint density at radius 1 is 1.28 bits per heavy atom. The van der Waals surface area contributed by atoms with Gasteiger partial charge in [0.05, 0.1) is 0 Å². The largest absolute Gasteiger partial charge is 0.409 e. The normalized spacial score (nSPS) is 17.8. The van der Waals surface area contributed by atoms with Gasteiger partial charge >= 0.3 is 0 Å². The molecule has 1 fully saturated rings. The summed E-state index contributed by atoms with van der Waals surface area (Å²) >= 11 is 0. The van der Waals surface area contributed by atoms with Gasteiger partial charge in [0.15, 0.2) is 5.84 Å². The van der Waals surface area contributed by atoms with Crippen molar-refractivity contribution in [3.63, 3.8) is 0 Å². The number of rotatable bonds is 3. The monoisotopic (exact) mass is 247 g/mol. The van der Waals surface area contributed by atoms with Crippen LogP contribution in [-0.2, 0) is 4.79 Å². The van der Waals surface area contributed by atoms with Crippen LogP contribution in [0.15, 0.2) is 35.5 Å². The van der Waals surface area contributed by atoms with Crippen LogP contribution in [0.4, 0.5) is 0 Å². The van der Waals surface area contributed by atoms with Gasteiger partial charge < -0.3 is 15.8 Å². The van der Waals surface area contributed by atoms with E-state index in [-0.39, 0.29) is 11.7 Å². The minimum atomic E-state index is -0.686. The number of likely N-dealkylation sites (tertiary alicyclic amines) is 1. The molecule has 1 aliphatic heterocycles. The molecule has 0 aromatic heterocycles. The Hall–Kier alpha value is -2.04. The molecule has 18 heavy (non-hydrogen) atoms. The van der Waals surface area contributed by atoms with Crippen LogP contribution < -0.4 is 5.73 Å². The molecule has 1 aliphatic rings. The molecule has 2 rings (SSSR count). The number of nitrogens with two attached hydrogens (primary N) is 1. The van der Waals surface area contributed by atoms with Crippen molar-refractivity contribution in [2.45, 2.75) is 18.8 Å². The average Bonchev–Trinajstić information content (AvgIpc) is 2.94. The lowest BCUT2D eigenvalue weighted by atomic mass is 9.96. The van der Waals surface area contributed by atoms with Crippen LogP contribution in [0.3, 0.4) is 0 Å². The van der Waals surface area contributed by atoms with E-state index in [9.17, 15) is 4.79 Å². The Balaban J connectivity index is 2.28. The lowest BCUT2D eigenvalue weighted by Crippen LogP contribution is -2.39. The highest BCUT2D eigenvalue weighted by molar-refractivity contribution is 6.07. The van der Waals surface area contributed by atoms with Crippen LogP contribution in [0.2, 0.25) is 0 Å². The van der Waals surface area contributed by atoms with Gasteiger partial charge in [0.2, 0.25) is 5.91 Å². The zero-order valence-electron chi connectivity index (χ0n) is 10.1. The molecule has 0 radical (unpaired) electrons. The standard InChI is InChI=1S/C13H17N3O2/c14-12(15-18)11(10-6-2-1-3-7-10)13(17)16-8-4-5-9-16/h1-3,6-7,11,18H,4-5,8-9H2,(H2,14,15). The number of amides is 1. The maximum atomic E-state index is 12.4. The minimum Gasteiger partial charge on any atom is -0.409 e. The van der Waals surface area contributed by atoms with Crippen molar-refractivity contribution in [3.8, 4) is 0 Å². The fourth-order valence-electron chi connectivity index (χ4n) is 2.26. The number of hydrogen-bond donors (Lipinski definition) is 2. The number of hydrogen-bond acceptors (Lipinski definition) is 3. The predicted molar refractivity (Wildman–Crippen MR) is 68.4 cm³/mol. The molecule has 1 amide bonds. The van der Waals surface area contributed by atoms with Gasteiger partial charge in [-0.15, -0.1) is 0 Å². The van der Waals surface area contributed by atoms with E-state index in [2.05, 4.69) is 5.16 Å². The lowest BCUT2D eigenvalue weighted by Gasteiger charge is -2.22. The van der Waals surface area contributed by atoms with Crippen molar-refractivity contribution >= 4 is 11.7 Å². The second kappa shape index (κ2) is 5.53. The molecular formula is C13H17N3O2. The number of carbonyl (C=O) groups is 1. The number of carbonyl (C=O) groups excluding carboxylic acids is 1. The van der Waals surface area contributed by atoms with Crippen LogP contribution in [0.1, 0.15) is 24.3 Å². The molecule has 1 atom stereocenters. The van der Waals surface area contributed by atoms with Crippen LogP contribution in [0, 0.1) is 0 Å². The quantitative estimate of drug-likeness (QED) is 0.364. The summed E-state index contributed by atoms with van der Waals surface area (Å²) in [6, 6.07) is 9.18. The van der Waals surface area contributed by atoms with Gasteiger partial charge in [-0.25, -0.2) is 0 Å². The van der Waals surface area contributed by atoms with E-state index in [0.717, 1.165) is 31.5 Å². The van der Waals surface area contributed by atoms with Crippen molar-refractivity contribution in [2.24, 2.45) is 10.9 Å². The van der Waals surface area contributed by atoms with Crippen LogP contribution in [-0.4, -0.2) is 34.9 Å². The molecule has 0 spiro atoms. The van der Waals surface area contributed by atoms with E-state index in [1.807, 2.05) is 30.3 Å². The first-order valence-electron chi connectivity index (χ1n) is 6.05. The number of oxime groups is 1. The van der Waals surface area contributed by atoms with E-state index >= 15 is 0 Å². The zero-order valence-corrected chi connectivity index (χ0v) is 10.1. The maximum Gasteiger partial charge on any atom is 0.237 e.